The van der Waals surface area contributed by atoms with E-state index in [1.807, 2.05) is 13.0 Å². The predicted octanol–water partition coefficient (Wildman–Crippen LogP) is 2.07. The van der Waals surface area contributed by atoms with Gasteiger partial charge in [-0.25, -0.2) is 4.72 Å². The van der Waals surface area contributed by atoms with Gasteiger partial charge in [-0.3, -0.25) is 0 Å². The fourth-order valence-electron chi connectivity index (χ4n) is 3.27. The van der Waals surface area contributed by atoms with E-state index in [9.17, 15) is 8.42 Å². The first-order valence-electron chi connectivity index (χ1n) is 9.30. The molecule has 0 unspecified atom stereocenters. The van der Waals surface area contributed by atoms with Crippen LogP contribution in [0.1, 0.15) is 43.7 Å². The minimum absolute atomic E-state index is 0.515. The van der Waals surface area contributed by atoms with E-state index in [1.165, 1.54) is 9.87 Å². The summed E-state index contributed by atoms with van der Waals surface area (Å²) in [6, 6.07) is 6.13. The Kier molecular flexibility index (Phi) is 6.50. The molecule has 8 heteroatoms. The molecule has 26 heavy (non-hydrogen) atoms. The summed E-state index contributed by atoms with van der Waals surface area (Å²) in [7, 11) is -3.21. The molecule has 0 bridgehead atoms. The molecule has 1 fully saturated rings. The van der Waals surface area contributed by atoms with Crippen LogP contribution < -0.4 is 9.46 Å². The van der Waals surface area contributed by atoms with E-state index in [0.717, 1.165) is 49.1 Å². The van der Waals surface area contributed by atoms with Gasteiger partial charge >= 0.3 is 0 Å². The van der Waals surface area contributed by atoms with Crippen LogP contribution in [0.2, 0.25) is 0 Å². The summed E-state index contributed by atoms with van der Waals surface area (Å²) in [5.74, 6) is 0.882. The highest BCUT2D eigenvalue weighted by molar-refractivity contribution is 7.87. The van der Waals surface area contributed by atoms with Crippen molar-refractivity contribution in [3.05, 3.63) is 29.3 Å². The van der Waals surface area contributed by atoms with Gasteiger partial charge in [-0.1, -0.05) is 5.16 Å². The van der Waals surface area contributed by atoms with Crippen molar-refractivity contribution in [3.63, 3.8) is 0 Å². The molecule has 144 valence electrons. The van der Waals surface area contributed by atoms with Gasteiger partial charge in [0.15, 0.2) is 0 Å². The SMILES string of the molecule is CCO/N=C1\CCc2cc(OCCCCCN3CCNS3(=O)=O)ccc21. The van der Waals surface area contributed by atoms with Crippen molar-refractivity contribution in [2.45, 2.75) is 39.0 Å². The molecule has 1 heterocycles. The average molecular weight is 381 g/mol. The van der Waals surface area contributed by atoms with E-state index in [-0.39, 0.29) is 0 Å². The monoisotopic (exact) mass is 381 g/mol. The van der Waals surface area contributed by atoms with Crippen molar-refractivity contribution < 1.29 is 18.0 Å². The summed E-state index contributed by atoms with van der Waals surface area (Å²) in [5.41, 5.74) is 3.43. The number of rotatable bonds is 9. The highest BCUT2D eigenvalue weighted by Gasteiger charge is 2.26. The lowest BCUT2D eigenvalue weighted by Crippen LogP contribution is -2.30. The first kappa shape index (κ1) is 19.1. The van der Waals surface area contributed by atoms with Crippen LogP contribution in [0.15, 0.2) is 23.4 Å². The largest absolute Gasteiger partial charge is 0.494 e. The Morgan fingerprint density at radius 1 is 1.23 bits per heavy atom. The van der Waals surface area contributed by atoms with E-state index in [0.29, 0.717) is 32.8 Å². The Bertz CT molecular complexity index is 749. The summed E-state index contributed by atoms with van der Waals surface area (Å²) in [4.78, 5) is 5.17. The number of benzene rings is 1. The second-order valence-electron chi connectivity index (χ2n) is 6.48. The molecule has 1 aliphatic heterocycles. The molecule has 0 aromatic heterocycles. The maximum Gasteiger partial charge on any atom is 0.279 e. The van der Waals surface area contributed by atoms with E-state index in [4.69, 9.17) is 9.57 Å². The van der Waals surface area contributed by atoms with Crippen LogP contribution >= 0.6 is 0 Å². The van der Waals surface area contributed by atoms with Crippen molar-refractivity contribution >= 4 is 15.9 Å². The Hall–Kier alpha value is -1.64. The van der Waals surface area contributed by atoms with Gasteiger partial charge in [0.2, 0.25) is 0 Å². The van der Waals surface area contributed by atoms with E-state index in [2.05, 4.69) is 22.0 Å². The fraction of sp³-hybridized carbons (Fsp3) is 0.611. The lowest BCUT2D eigenvalue weighted by molar-refractivity contribution is 0.158. The van der Waals surface area contributed by atoms with Gasteiger partial charge in [0, 0.05) is 25.2 Å². The van der Waals surface area contributed by atoms with Crippen molar-refractivity contribution in [2.75, 3.05) is 32.8 Å². The van der Waals surface area contributed by atoms with E-state index < -0.39 is 10.2 Å². The normalized spacial score (nSPS) is 20.4. The number of hydrogen-bond acceptors (Lipinski definition) is 5. The zero-order valence-electron chi connectivity index (χ0n) is 15.2. The van der Waals surface area contributed by atoms with Crippen LogP contribution in [0.25, 0.3) is 0 Å². The van der Waals surface area contributed by atoms with Crippen LogP contribution in [0.5, 0.6) is 5.75 Å². The summed E-state index contributed by atoms with van der Waals surface area (Å²) in [6.07, 6.45) is 4.59. The standard InChI is InChI=1S/C18H27N3O4S/c1-2-25-20-18-9-6-15-14-16(7-8-17(15)18)24-13-5-3-4-11-21-12-10-19-26(21,22)23/h7-8,14,19H,2-6,9-13H2,1H3/b20-18+. The third-order valence-electron chi connectivity index (χ3n) is 4.63. The summed E-state index contributed by atoms with van der Waals surface area (Å²) >= 11 is 0. The van der Waals surface area contributed by atoms with Crippen molar-refractivity contribution in [2.24, 2.45) is 5.16 Å². The predicted molar refractivity (Wildman–Crippen MR) is 101 cm³/mol. The lowest BCUT2D eigenvalue weighted by Gasteiger charge is -2.13. The second kappa shape index (κ2) is 8.83. The first-order chi connectivity index (χ1) is 12.6. The Morgan fingerprint density at radius 2 is 2.12 bits per heavy atom. The molecule has 0 radical (unpaired) electrons. The van der Waals surface area contributed by atoms with E-state index in [1.54, 1.807) is 0 Å². The molecule has 0 saturated carbocycles. The third kappa shape index (κ3) is 4.75. The van der Waals surface area contributed by atoms with Crippen LogP contribution in [0.3, 0.4) is 0 Å². The van der Waals surface area contributed by atoms with Crippen LogP contribution in [0.4, 0.5) is 0 Å². The number of unbranched alkanes of at least 4 members (excludes halogenated alkanes) is 2. The number of aryl methyl sites for hydroxylation is 1. The van der Waals surface area contributed by atoms with Gasteiger partial charge in [0.25, 0.3) is 10.2 Å². The Morgan fingerprint density at radius 3 is 2.88 bits per heavy atom. The molecule has 0 atom stereocenters. The molecule has 0 amide bonds. The molecule has 1 aliphatic carbocycles. The zero-order chi connectivity index (χ0) is 18.4. The maximum atomic E-state index is 11.6. The maximum absolute atomic E-state index is 11.6. The number of hydrogen-bond donors (Lipinski definition) is 1. The number of oxime groups is 1. The quantitative estimate of drug-likeness (QED) is 0.525. The van der Waals surface area contributed by atoms with Crippen molar-refractivity contribution in [1.29, 1.82) is 0 Å². The Labute approximate surface area is 155 Å². The molecule has 0 spiro atoms. The van der Waals surface area contributed by atoms with Gasteiger partial charge in [-0.2, -0.15) is 12.7 Å². The van der Waals surface area contributed by atoms with Gasteiger partial charge in [-0.15, -0.1) is 0 Å². The van der Waals surface area contributed by atoms with Gasteiger partial charge in [-0.05, 0) is 62.8 Å². The van der Waals surface area contributed by atoms with Crippen LogP contribution in [-0.2, 0) is 21.5 Å². The number of ether oxygens (including phenoxy) is 1. The average Bonchev–Trinajstić information content (AvgIpc) is 3.18. The summed E-state index contributed by atoms with van der Waals surface area (Å²) < 4.78 is 33.1. The number of nitrogens with one attached hydrogen (secondary N) is 1. The van der Waals surface area contributed by atoms with Crippen molar-refractivity contribution in [1.82, 2.24) is 9.03 Å². The number of nitrogens with zero attached hydrogens (tertiary/aromatic N) is 2. The molecular formula is C18H27N3O4S. The Balaban J connectivity index is 1.38. The van der Waals surface area contributed by atoms with Crippen LogP contribution in [-0.4, -0.2) is 51.3 Å². The molecule has 1 aromatic carbocycles. The van der Waals surface area contributed by atoms with Gasteiger partial charge in [0.1, 0.15) is 12.4 Å². The van der Waals surface area contributed by atoms with E-state index >= 15 is 0 Å². The fourth-order valence-corrected chi connectivity index (χ4v) is 4.51. The van der Waals surface area contributed by atoms with Crippen molar-refractivity contribution in [3.8, 4) is 5.75 Å². The minimum Gasteiger partial charge on any atom is -0.494 e. The first-order valence-corrected chi connectivity index (χ1v) is 10.7. The molecule has 1 saturated heterocycles. The molecular weight excluding hydrogens is 354 g/mol. The third-order valence-corrected chi connectivity index (χ3v) is 6.24. The molecule has 1 N–H and O–H groups in total. The summed E-state index contributed by atoms with van der Waals surface area (Å²) in [6.45, 7) is 4.82. The molecule has 3 rings (SSSR count). The minimum atomic E-state index is -3.21. The lowest BCUT2D eigenvalue weighted by atomic mass is 10.1. The molecule has 1 aromatic rings. The van der Waals surface area contributed by atoms with Gasteiger partial charge in [0.05, 0.1) is 12.3 Å². The number of fused-ring (bicyclic) bond motifs is 1. The highest BCUT2D eigenvalue weighted by Crippen LogP contribution is 2.27. The highest BCUT2D eigenvalue weighted by atomic mass is 32.2. The molecule has 2 aliphatic rings. The zero-order valence-corrected chi connectivity index (χ0v) is 16.1. The molecule has 7 nitrogen and oxygen atoms in total. The van der Waals surface area contributed by atoms with Gasteiger partial charge < -0.3 is 9.57 Å². The smallest absolute Gasteiger partial charge is 0.279 e. The van der Waals surface area contributed by atoms with Crippen LogP contribution in [0, 0.1) is 0 Å². The summed E-state index contributed by atoms with van der Waals surface area (Å²) in [5, 5.41) is 4.18. The topological polar surface area (TPSA) is 80.2 Å². The second-order valence-corrected chi connectivity index (χ2v) is 8.24.